The predicted molar refractivity (Wildman–Crippen MR) is 76.4 cm³/mol. The molecule has 0 saturated heterocycles. The summed E-state index contributed by atoms with van der Waals surface area (Å²) in [6, 6.07) is 15.2. The largest absolute Gasteiger partial charge is 0.485 e. The van der Waals surface area contributed by atoms with Crippen LogP contribution in [0.25, 0.3) is 10.8 Å². The first-order valence-electron chi connectivity index (χ1n) is 6.35. The number of nitrogen functional groups attached to an aromatic ring is 1. The fourth-order valence-electron chi connectivity index (χ4n) is 2.03. The lowest BCUT2D eigenvalue weighted by atomic mass is 10.1. The molecule has 0 aliphatic heterocycles. The highest BCUT2D eigenvalue weighted by molar-refractivity contribution is 5.91. The number of amides is 1. The van der Waals surface area contributed by atoms with Crippen LogP contribution in [0.15, 0.2) is 53.1 Å². The summed E-state index contributed by atoms with van der Waals surface area (Å²) in [5.41, 5.74) is 2.11. The third-order valence-corrected chi connectivity index (χ3v) is 3.04. The Bertz CT molecular complexity index is 777. The number of hydrogen-bond donors (Lipinski definition) is 2. The van der Waals surface area contributed by atoms with Gasteiger partial charge in [0.1, 0.15) is 12.4 Å². The van der Waals surface area contributed by atoms with E-state index in [9.17, 15) is 4.79 Å². The number of carbonyl (C=O) groups excluding carboxylic acids is 1. The number of nitrogens with one attached hydrogen (secondary N) is 1. The van der Waals surface area contributed by atoms with Crippen molar-refractivity contribution in [1.29, 1.82) is 0 Å². The number of hydrazine groups is 1. The summed E-state index contributed by atoms with van der Waals surface area (Å²) in [6.45, 7) is 0.179. The van der Waals surface area contributed by atoms with Crippen LogP contribution in [0.5, 0.6) is 5.75 Å². The van der Waals surface area contributed by atoms with Gasteiger partial charge in [0.2, 0.25) is 0 Å². The van der Waals surface area contributed by atoms with E-state index in [1.165, 1.54) is 6.07 Å². The molecule has 3 rings (SSSR count). The van der Waals surface area contributed by atoms with Crippen LogP contribution in [-0.4, -0.2) is 11.1 Å². The van der Waals surface area contributed by atoms with Gasteiger partial charge in [-0.15, -0.1) is 0 Å². The molecule has 21 heavy (non-hydrogen) atoms. The summed E-state index contributed by atoms with van der Waals surface area (Å²) >= 11 is 0. The molecule has 6 nitrogen and oxygen atoms in total. The smallest absolute Gasteiger partial charge is 0.287 e. The second-order valence-electron chi connectivity index (χ2n) is 4.42. The van der Waals surface area contributed by atoms with E-state index in [0.29, 0.717) is 5.76 Å². The molecule has 3 N–H and O–H groups in total. The van der Waals surface area contributed by atoms with E-state index in [1.807, 2.05) is 47.9 Å². The fraction of sp³-hybridized carbons (Fsp3) is 0.0667. The molecule has 0 unspecified atom stereocenters. The van der Waals surface area contributed by atoms with E-state index >= 15 is 0 Å². The second kappa shape index (κ2) is 5.64. The van der Waals surface area contributed by atoms with Gasteiger partial charge < -0.3 is 9.26 Å². The number of aromatic nitrogens is 1. The molecule has 0 saturated carbocycles. The van der Waals surface area contributed by atoms with Crippen LogP contribution in [0.4, 0.5) is 0 Å². The molecule has 0 spiro atoms. The average Bonchev–Trinajstić information content (AvgIpc) is 3.01. The SMILES string of the molecule is NNC(=O)c1cc(COc2cccc3ccccc23)on1. The number of nitrogens with two attached hydrogens (primary N) is 1. The minimum Gasteiger partial charge on any atom is -0.485 e. The molecule has 0 fully saturated rings. The van der Waals surface area contributed by atoms with Crippen molar-refractivity contribution in [3.05, 3.63) is 60.0 Å². The van der Waals surface area contributed by atoms with E-state index in [2.05, 4.69) is 5.16 Å². The normalized spacial score (nSPS) is 10.5. The van der Waals surface area contributed by atoms with Crippen LogP contribution >= 0.6 is 0 Å². The van der Waals surface area contributed by atoms with E-state index in [-0.39, 0.29) is 12.3 Å². The molecule has 3 aromatic rings. The van der Waals surface area contributed by atoms with E-state index in [0.717, 1.165) is 16.5 Å². The maximum Gasteiger partial charge on any atom is 0.287 e. The molecule has 0 bridgehead atoms. The standard InChI is InChI=1S/C15H13N3O3/c16-17-15(19)13-8-11(21-18-13)9-20-14-7-3-5-10-4-1-2-6-12(10)14/h1-8H,9,16H2,(H,17,19). The van der Waals surface area contributed by atoms with Gasteiger partial charge in [-0.05, 0) is 11.5 Å². The maximum atomic E-state index is 11.3. The van der Waals surface area contributed by atoms with Crippen molar-refractivity contribution >= 4 is 16.7 Å². The third-order valence-electron chi connectivity index (χ3n) is 3.04. The molecule has 0 aliphatic rings. The number of hydrogen-bond acceptors (Lipinski definition) is 5. The number of fused-ring (bicyclic) bond motifs is 1. The van der Waals surface area contributed by atoms with Gasteiger partial charge in [-0.25, -0.2) is 5.84 Å². The van der Waals surface area contributed by atoms with Gasteiger partial charge in [0.15, 0.2) is 11.5 Å². The number of carbonyl (C=O) groups is 1. The average molecular weight is 283 g/mol. The van der Waals surface area contributed by atoms with Crippen LogP contribution in [0.2, 0.25) is 0 Å². The lowest BCUT2D eigenvalue weighted by molar-refractivity contribution is 0.0944. The Hall–Kier alpha value is -2.86. The van der Waals surface area contributed by atoms with Gasteiger partial charge in [-0.1, -0.05) is 41.6 Å². The summed E-state index contributed by atoms with van der Waals surface area (Å²) in [7, 11) is 0. The Kier molecular flexibility index (Phi) is 3.53. The third kappa shape index (κ3) is 2.70. The summed E-state index contributed by atoms with van der Waals surface area (Å²) in [6.07, 6.45) is 0. The topological polar surface area (TPSA) is 90.4 Å². The molecular weight excluding hydrogens is 270 g/mol. The molecule has 1 amide bonds. The fourth-order valence-corrected chi connectivity index (χ4v) is 2.03. The van der Waals surface area contributed by atoms with Crippen LogP contribution < -0.4 is 16.0 Å². The Morgan fingerprint density at radius 1 is 1.24 bits per heavy atom. The molecule has 0 radical (unpaired) electrons. The molecule has 1 aromatic heterocycles. The van der Waals surface area contributed by atoms with E-state index < -0.39 is 5.91 Å². The van der Waals surface area contributed by atoms with Crippen LogP contribution in [-0.2, 0) is 6.61 Å². The highest BCUT2D eigenvalue weighted by atomic mass is 16.5. The lowest BCUT2D eigenvalue weighted by Gasteiger charge is -2.07. The molecule has 6 heteroatoms. The van der Waals surface area contributed by atoms with Crippen molar-refractivity contribution in [3.63, 3.8) is 0 Å². The summed E-state index contributed by atoms with van der Waals surface area (Å²) in [5.74, 6) is 5.71. The first-order chi connectivity index (χ1) is 10.3. The van der Waals surface area contributed by atoms with Crippen molar-refractivity contribution in [1.82, 2.24) is 10.6 Å². The zero-order chi connectivity index (χ0) is 14.7. The second-order valence-corrected chi connectivity index (χ2v) is 4.42. The van der Waals surface area contributed by atoms with Crippen LogP contribution in [0.1, 0.15) is 16.2 Å². The van der Waals surface area contributed by atoms with Gasteiger partial charge in [0.25, 0.3) is 5.91 Å². The maximum absolute atomic E-state index is 11.3. The quantitative estimate of drug-likeness (QED) is 0.434. The number of nitrogens with zero attached hydrogens (tertiary/aromatic N) is 1. The Morgan fingerprint density at radius 3 is 2.90 bits per heavy atom. The van der Waals surface area contributed by atoms with E-state index in [4.69, 9.17) is 15.1 Å². The first-order valence-corrected chi connectivity index (χ1v) is 6.35. The minimum atomic E-state index is -0.504. The van der Waals surface area contributed by atoms with Crippen LogP contribution in [0.3, 0.4) is 0 Å². The van der Waals surface area contributed by atoms with E-state index in [1.54, 1.807) is 0 Å². The minimum absolute atomic E-state index is 0.119. The zero-order valence-electron chi connectivity index (χ0n) is 11.1. The van der Waals surface area contributed by atoms with Gasteiger partial charge >= 0.3 is 0 Å². The van der Waals surface area contributed by atoms with Gasteiger partial charge in [-0.2, -0.15) is 0 Å². The Morgan fingerprint density at radius 2 is 2.05 bits per heavy atom. The van der Waals surface area contributed by atoms with Crippen molar-refractivity contribution in [2.75, 3.05) is 0 Å². The Balaban J connectivity index is 1.77. The number of benzene rings is 2. The summed E-state index contributed by atoms with van der Waals surface area (Å²) in [4.78, 5) is 11.3. The van der Waals surface area contributed by atoms with Crippen molar-refractivity contribution in [3.8, 4) is 5.75 Å². The summed E-state index contributed by atoms with van der Waals surface area (Å²) in [5, 5.41) is 5.72. The number of rotatable bonds is 4. The molecule has 2 aromatic carbocycles. The van der Waals surface area contributed by atoms with Gasteiger partial charge in [0.05, 0.1) is 0 Å². The molecule has 1 heterocycles. The molecule has 0 atom stereocenters. The first kappa shape index (κ1) is 13.1. The van der Waals surface area contributed by atoms with Crippen molar-refractivity contribution in [2.24, 2.45) is 5.84 Å². The van der Waals surface area contributed by atoms with Crippen molar-refractivity contribution < 1.29 is 14.1 Å². The number of ether oxygens (including phenoxy) is 1. The van der Waals surface area contributed by atoms with Gasteiger partial charge in [0, 0.05) is 11.5 Å². The monoisotopic (exact) mass is 283 g/mol. The van der Waals surface area contributed by atoms with Gasteiger partial charge in [-0.3, -0.25) is 10.2 Å². The highest BCUT2D eigenvalue weighted by Crippen LogP contribution is 2.25. The Labute approximate surface area is 120 Å². The lowest BCUT2D eigenvalue weighted by Crippen LogP contribution is -2.30. The summed E-state index contributed by atoms with van der Waals surface area (Å²) < 4.78 is 10.8. The predicted octanol–water partition coefficient (Wildman–Crippen LogP) is 2.01. The highest BCUT2D eigenvalue weighted by Gasteiger charge is 2.11. The zero-order valence-corrected chi connectivity index (χ0v) is 11.1. The molecule has 0 aliphatic carbocycles. The van der Waals surface area contributed by atoms with Crippen molar-refractivity contribution in [2.45, 2.75) is 6.61 Å². The molecular formula is C15H13N3O3. The molecule has 106 valence electrons. The van der Waals surface area contributed by atoms with Crippen LogP contribution in [0, 0.1) is 0 Å².